The van der Waals surface area contributed by atoms with Gasteiger partial charge in [-0.3, -0.25) is 9.59 Å². The minimum atomic E-state index is -0.524. The van der Waals surface area contributed by atoms with Crippen LogP contribution >= 0.6 is 0 Å². The van der Waals surface area contributed by atoms with E-state index < -0.39 is 5.91 Å². The molecule has 108 valence electrons. The number of nitrogen functional groups attached to an aromatic ring is 1. The third-order valence-electron chi connectivity index (χ3n) is 3.63. The second-order valence-electron chi connectivity index (χ2n) is 4.95. The topological polar surface area (TPSA) is 92.7 Å². The third-order valence-corrected chi connectivity index (χ3v) is 3.63. The Morgan fingerprint density at radius 1 is 1.15 bits per heavy atom. The highest BCUT2D eigenvalue weighted by atomic mass is 16.2. The van der Waals surface area contributed by atoms with Gasteiger partial charge in [0.25, 0.3) is 5.91 Å². The van der Waals surface area contributed by atoms with Crippen LogP contribution in [0.5, 0.6) is 0 Å². The normalized spacial score (nSPS) is 15.8. The standard InChI is InChI=1S/C14H20N4O2/c1-10(19)17-6-3-7-18(9-8-17)12-5-2-4-11(13(12)15)14(16)20/h2,4-5H,3,6-9,15H2,1H3,(H2,16,20). The summed E-state index contributed by atoms with van der Waals surface area (Å²) >= 11 is 0. The first-order chi connectivity index (χ1) is 9.50. The fraction of sp³-hybridized carbons (Fsp3) is 0.429. The van der Waals surface area contributed by atoms with E-state index >= 15 is 0 Å². The van der Waals surface area contributed by atoms with Crippen molar-refractivity contribution in [1.82, 2.24) is 4.90 Å². The zero-order valence-corrected chi connectivity index (χ0v) is 11.6. The predicted octanol–water partition coefficient (Wildman–Crippen LogP) is 0.426. The Kier molecular flexibility index (Phi) is 4.12. The summed E-state index contributed by atoms with van der Waals surface area (Å²) in [5, 5.41) is 0. The lowest BCUT2D eigenvalue weighted by Gasteiger charge is -2.25. The maximum Gasteiger partial charge on any atom is 0.250 e. The summed E-state index contributed by atoms with van der Waals surface area (Å²) in [7, 11) is 0. The summed E-state index contributed by atoms with van der Waals surface area (Å²) in [6.07, 6.45) is 0.875. The van der Waals surface area contributed by atoms with Crippen molar-refractivity contribution in [2.24, 2.45) is 5.73 Å². The zero-order valence-electron chi connectivity index (χ0n) is 11.6. The molecule has 0 unspecified atom stereocenters. The Labute approximate surface area is 118 Å². The van der Waals surface area contributed by atoms with Crippen LogP contribution in [-0.4, -0.2) is 42.9 Å². The van der Waals surface area contributed by atoms with Gasteiger partial charge in [-0.15, -0.1) is 0 Å². The number of carbonyl (C=O) groups is 2. The van der Waals surface area contributed by atoms with Gasteiger partial charge < -0.3 is 21.3 Å². The smallest absolute Gasteiger partial charge is 0.250 e. The molecule has 1 heterocycles. The molecule has 0 aliphatic carbocycles. The molecule has 0 aromatic heterocycles. The first-order valence-electron chi connectivity index (χ1n) is 6.69. The van der Waals surface area contributed by atoms with Crippen LogP contribution in [0.4, 0.5) is 11.4 Å². The average molecular weight is 276 g/mol. The van der Waals surface area contributed by atoms with E-state index in [0.29, 0.717) is 24.3 Å². The van der Waals surface area contributed by atoms with Gasteiger partial charge in [0.05, 0.1) is 16.9 Å². The van der Waals surface area contributed by atoms with Crippen LogP contribution in [0.15, 0.2) is 18.2 Å². The van der Waals surface area contributed by atoms with Crippen LogP contribution in [0.1, 0.15) is 23.7 Å². The van der Waals surface area contributed by atoms with Gasteiger partial charge >= 0.3 is 0 Å². The summed E-state index contributed by atoms with van der Waals surface area (Å²) in [6.45, 7) is 4.50. The number of hydrogen-bond acceptors (Lipinski definition) is 4. The molecule has 1 saturated heterocycles. The van der Waals surface area contributed by atoms with Gasteiger partial charge in [-0.2, -0.15) is 0 Å². The van der Waals surface area contributed by atoms with E-state index in [0.717, 1.165) is 25.2 Å². The third kappa shape index (κ3) is 2.84. The summed E-state index contributed by atoms with van der Waals surface area (Å²) in [4.78, 5) is 26.7. The van der Waals surface area contributed by atoms with Gasteiger partial charge in [0, 0.05) is 33.1 Å². The molecule has 2 rings (SSSR count). The van der Waals surface area contributed by atoms with E-state index in [4.69, 9.17) is 11.5 Å². The van der Waals surface area contributed by atoms with Crippen molar-refractivity contribution < 1.29 is 9.59 Å². The number of para-hydroxylation sites is 1. The van der Waals surface area contributed by atoms with Crippen molar-refractivity contribution in [3.8, 4) is 0 Å². The summed E-state index contributed by atoms with van der Waals surface area (Å²) in [6, 6.07) is 5.28. The van der Waals surface area contributed by atoms with Crippen molar-refractivity contribution in [1.29, 1.82) is 0 Å². The Morgan fingerprint density at radius 3 is 2.55 bits per heavy atom. The monoisotopic (exact) mass is 276 g/mol. The molecule has 0 atom stereocenters. The molecular formula is C14H20N4O2. The molecule has 1 aliphatic rings. The van der Waals surface area contributed by atoms with Gasteiger partial charge in [0.2, 0.25) is 5.91 Å². The molecule has 1 aromatic carbocycles. The van der Waals surface area contributed by atoms with Crippen LogP contribution < -0.4 is 16.4 Å². The fourth-order valence-corrected chi connectivity index (χ4v) is 2.52. The maximum atomic E-state index is 11.4. The average Bonchev–Trinajstić information content (AvgIpc) is 2.64. The number of amides is 2. The lowest BCUT2D eigenvalue weighted by atomic mass is 10.1. The summed E-state index contributed by atoms with van der Waals surface area (Å²) < 4.78 is 0. The molecule has 6 heteroatoms. The molecule has 0 saturated carbocycles. The van der Waals surface area contributed by atoms with Gasteiger partial charge in [0.15, 0.2) is 0 Å². The largest absolute Gasteiger partial charge is 0.396 e. The molecule has 6 nitrogen and oxygen atoms in total. The first kappa shape index (κ1) is 14.2. The van der Waals surface area contributed by atoms with E-state index in [2.05, 4.69) is 4.90 Å². The highest BCUT2D eigenvalue weighted by Crippen LogP contribution is 2.27. The SMILES string of the molecule is CC(=O)N1CCCN(c2cccc(C(N)=O)c2N)CC1. The quantitative estimate of drug-likeness (QED) is 0.766. The molecule has 0 bridgehead atoms. The van der Waals surface area contributed by atoms with E-state index in [-0.39, 0.29) is 5.91 Å². The van der Waals surface area contributed by atoms with Gasteiger partial charge in [0.1, 0.15) is 0 Å². The molecular weight excluding hydrogens is 256 g/mol. The number of benzene rings is 1. The molecule has 2 amide bonds. The lowest BCUT2D eigenvalue weighted by molar-refractivity contribution is -0.128. The number of carbonyl (C=O) groups excluding carboxylic acids is 2. The highest BCUT2D eigenvalue weighted by Gasteiger charge is 2.19. The second kappa shape index (κ2) is 5.81. The fourth-order valence-electron chi connectivity index (χ4n) is 2.52. The molecule has 4 N–H and O–H groups in total. The summed E-state index contributed by atoms with van der Waals surface area (Å²) in [5.41, 5.74) is 12.9. The van der Waals surface area contributed by atoms with Crippen LogP contribution in [0.25, 0.3) is 0 Å². The van der Waals surface area contributed by atoms with Gasteiger partial charge in [-0.05, 0) is 18.6 Å². The van der Waals surface area contributed by atoms with E-state index in [1.165, 1.54) is 0 Å². The Morgan fingerprint density at radius 2 is 1.90 bits per heavy atom. The van der Waals surface area contributed by atoms with Gasteiger partial charge in [-0.25, -0.2) is 0 Å². The number of anilines is 2. The molecule has 0 spiro atoms. The highest BCUT2D eigenvalue weighted by molar-refractivity contribution is 6.00. The van der Waals surface area contributed by atoms with Crippen molar-refractivity contribution in [2.45, 2.75) is 13.3 Å². The van der Waals surface area contributed by atoms with Crippen molar-refractivity contribution in [3.05, 3.63) is 23.8 Å². The Balaban J connectivity index is 2.22. The summed E-state index contributed by atoms with van der Waals surface area (Å²) in [5.74, 6) is -0.435. The lowest BCUT2D eigenvalue weighted by Crippen LogP contribution is -2.34. The number of primary amides is 1. The van der Waals surface area contributed by atoms with E-state index in [1.54, 1.807) is 19.1 Å². The second-order valence-corrected chi connectivity index (χ2v) is 4.95. The molecule has 1 fully saturated rings. The van der Waals surface area contributed by atoms with Crippen molar-refractivity contribution in [2.75, 3.05) is 36.8 Å². The van der Waals surface area contributed by atoms with E-state index in [1.807, 2.05) is 11.0 Å². The number of rotatable bonds is 2. The Bertz CT molecular complexity index is 530. The maximum absolute atomic E-state index is 11.4. The molecule has 1 aromatic rings. The predicted molar refractivity (Wildman–Crippen MR) is 78.5 cm³/mol. The van der Waals surface area contributed by atoms with Crippen molar-refractivity contribution in [3.63, 3.8) is 0 Å². The molecule has 20 heavy (non-hydrogen) atoms. The Hall–Kier alpha value is -2.24. The molecule has 1 aliphatic heterocycles. The van der Waals surface area contributed by atoms with Crippen LogP contribution in [0.3, 0.4) is 0 Å². The van der Waals surface area contributed by atoms with Crippen LogP contribution in [0, 0.1) is 0 Å². The van der Waals surface area contributed by atoms with Crippen LogP contribution in [-0.2, 0) is 4.79 Å². The zero-order chi connectivity index (χ0) is 14.7. The molecule has 0 radical (unpaired) electrons. The first-order valence-corrected chi connectivity index (χ1v) is 6.69. The minimum absolute atomic E-state index is 0.0886. The number of nitrogens with two attached hydrogens (primary N) is 2. The number of nitrogens with zero attached hydrogens (tertiary/aromatic N) is 2. The number of hydrogen-bond donors (Lipinski definition) is 2. The van der Waals surface area contributed by atoms with Crippen molar-refractivity contribution >= 4 is 23.2 Å². The minimum Gasteiger partial charge on any atom is -0.396 e. The van der Waals surface area contributed by atoms with Crippen LogP contribution in [0.2, 0.25) is 0 Å². The van der Waals surface area contributed by atoms with E-state index in [9.17, 15) is 9.59 Å². The van der Waals surface area contributed by atoms with Gasteiger partial charge in [-0.1, -0.05) is 6.07 Å².